The molecule has 4 N–H and O–H groups in total. The van der Waals surface area contributed by atoms with Crippen LogP contribution in [0.1, 0.15) is 93.0 Å². The van der Waals surface area contributed by atoms with E-state index in [1.165, 1.54) is 11.6 Å². The lowest BCUT2D eigenvalue weighted by molar-refractivity contribution is -0.134. The maximum absolute atomic E-state index is 14.7. The highest BCUT2D eigenvalue weighted by atomic mass is 19.1. The van der Waals surface area contributed by atoms with Crippen molar-refractivity contribution in [3.8, 4) is 0 Å². The van der Waals surface area contributed by atoms with E-state index < -0.39 is 17.7 Å². The number of amides is 4. The molecule has 0 aromatic heterocycles. The molecule has 3 aromatic carbocycles. The SMILES string of the molecule is CC.O=C1CCC(Nc2ccc(C3CCN(C(=O)Cc4ccc(CCCNC(=O)C5=C6N=C(N7CCCC7c7cc(F)ccc7F)C=CN6NC5)cc4)CC3)cc2)C(=O)N1. The molecule has 14 heteroatoms. The lowest BCUT2D eigenvalue weighted by Crippen LogP contribution is -2.47. The van der Waals surface area contributed by atoms with Gasteiger partial charge >= 0.3 is 0 Å². The number of rotatable bonds is 11. The Labute approximate surface area is 350 Å². The second kappa shape index (κ2) is 19.4. The number of fused-ring (bicyclic) bond motifs is 1. The van der Waals surface area contributed by atoms with Gasteiger partial charge in [-0.25, -0.2) is 19.2 Å². The predicted octanol–water partition coefficient (Wildman–Crippen LogP) is 6.00. The Morgan fingerprint density at radius 1 is 0.900 bits per heavy atom. The van der Waals surface area contributed by atoms with Gasteiger partial charge in [0, 0.05) is 56.6 Å². The number of hydrogen-bond acceptors (Lipinski definition) is 9. The zero-order chi connectivity index (χ0) is 42.2. The van der Waals surface area contributed by atoms with E-state index in [-0.39, 0.29) is 29.7 Å². The third-order valence-corrected chi connectivity index (χ3v) is 11.8. The molecule has 5 aliphatic rings. The summed E-state index contributed by atoms with van der Waals surface area (Å²) in [6, 6.07) is 19.0. The van der Waals surface area contributed by atoms with E-state index >= 15 is 0 Å². The van der Waals surface area contributed by atoms with Crippen molar-refractivity contribution in [1.29, 1.82) is 0 Å². The number of aliphatic imine (C=N–C) groups is 1. The molecule has 12 nitrogen and oxygen atoms in total. The van der Waals surface area contributed by atoms with Gasteiger partial charge in [-0.3, -0.25) is 29.5 Å². The summed E-state index contributed by atoms with van der Waals surface area (Å²) in [5.74, 6) is -0.0371. The van der Waals surface area contributed by atoms with Crippen LogP contribution >= 0.6 is 0 Å². The van der Waals surface area contributed by atoms with Crippen molar-refractivity contribution in [2.24, 2.45) is 4.99 Å². The summed E-state index contributed by atoms with van der Waals surface area (Å²) >= 11 is 0. The summed E-state index contributed by atoms with van der Waals surface area (Å²) in [7, 11) is 0. The average Bonchev–Trinajstić information content (AvgIpc) is 3.94. The van der Waals surface area contributed by atoms with E-state index in [0.29, 0.717) is 87.1 Å². The normalized spacial score (nSPS) is 20.3. The van der Waals surface area contributed by atoms with Gasteiger partial charge in [-0.15, -0.1) is 0 Å². The minimum atomic E-state index is -0.476. The van der Waals surface area contributed by atoms with Crippen LogP contribution in [0.25, 0.3) is 0 Å². The van der Waals surface area contributed by atoms with Gasteiger partial charge in [0.05, 0.1) is 18.0 Å². The van der Waals surface area contributed by atoms with Crippen molar-refractivity contribution in [3.05, 3.63) is 124 Å². The van der Waals surface area contributed by atoms with Crippen molar-refractivity contribution in [2.75, 3.05) is 38.0 Å². The third-order valence-electron chi connectivity index (χ3n) is 11.8. The molecule has 8 rings (SSSR count). The molecule has 4 amide bonds. The van der Waals surface area contributed by atoms with Gasteiger partial charge in [0.2, 0.25) is 17.7 Å². The Kier molecular flexibility index (Phi) is 13.7. The molecular formula is C46H54F2N8O4. The number of hydrogen-bond donors (Lipinski definition) is 4. The van der Waals surface area contributed by atoms with Crippen LogP contribution in [-0.2, 0) is 32.0 Å². The zero-order valence-electron chi connectivity index (χ0n) is 34.3. The first-order valence-electron chi connectivity index (χ1n) is 21.3. The van der Waals surface area contributed by atoms with Crippen LogP contribution in [-0.4, -0.2) is 83.0 Å². The van der Waals surface area contributed by atoms with Crippen molar-refractivity contribution in [1.82, 2.24) is 30.9 Å². The monoisotopic (exact) mass is 820 g/mol. The van der Waals surface area contributed by atoms with Crippen molar-refractivity contribution >= 4 is 35.2 Å². The molecule has 5 aliphatic heterocycles. The Morgan fingerprint density at radius 3 is 2.40 bits per heavy atom. The van der Waals surface area contributed by atoms with Gasteiger partial charge in [-0.2, -0.15) is 0 Å². The van der Waals surface area contributed by atoms with Crippen molar-refractivity contribution in [2.45, 2.75) is 89.6 Å². The molecule has 2 atom stereocenters. The number of nitrogens with one attached hydrogen (secondary N) is 4. The highest BCUT2D eigenvalue weighted by Crippen LogP contribution is 2.36. The molecular weight excluding hydrogens is 767 g/mol. The minimum Gasteiger partial charge on any atom is -0.374 e. The van der Waals surface area contributed by atoms with Crippen LogP contribution in [0.2, 0.25) is 0 Å². The lowest BCUT2D eigenvalue weighted by Gasteiger charge is -2.32. The molecule has 0 spiro atoms. The Morgan fingerprint density at radius 2 is 1.65 bits per heavy atom. The average molecular weight is 821 g/mol. The fraction of sp³-hybridized carbons (Fsp3) is 0.413. The molecule has 5 heterocycles. The van der Waals surface area contributed by atoms with Gasteiger partial charge in [-0.1, -0.05) is 50.2 Å². The number of amidine groups is 1. The molecule has 3 aromatic rings. The summed E-state index contributed by atoms with van der Waals surface area (Å²) in [6.07, 6.45) is 9.58. The number of nitrogens with zero attached hydrogens (tertiary/aromatic N) is 4. The first-order valence-corrected chi connectivity index (χ1v) is 21.3. The number of aryl methyl sites for hydroxylation is 1. The molecule has 0 aliphatic carbocycles. The predicted molar refractivity (Wildman–Crippen MR) is 226 cm³/mol. The van der Waals surface area contributed by atoms with Gasteiger partial charge in [-0.05, 0) is 104 Å². The largest absolute Gasteiger partial charge is 0.374 e. The third kappa shape index (κ3) is 9.93. The fourth-order valence-electron chi connectivity index (χ4n) is 8.53. The summed E-state index contributed by atoms with van der Waals surface area (Å²) in [5.41, 5.74) is 8.16. The number of anilines is 1. The van der Waals surface area contributed by atoms with Crippen LogP contribution in [0.5, 0.6) is 0 Å². The summed E-state index contributed by atoms with van der Waals surface area (Å²) in [6.45, 7) is 6.86. The quantitative estimate of drug-likeness (QED) is 0.137. The number of halogens is 2. The van der Waals surface area contributed by atoms with E-state index in [1.54, 1.807) is 5.01 Å². The van der Waals surface area contributed by atoms with Gasteiger partial charge in [0.15, 0.2) is 5.82 Å². The second-order valence-corrected chi connectivity index (χ2v) is 15.6. The Balaban J connectivity index is 0.00000268. The van der Waals surface area contributed by atoms with Crippen LogP contribution in [0.4, 0.5) is 14.5 Å². The highest BCUT2D eigenvalue weighted by molar-refractivity contribution is 6.01. The van der Waals surface area contributed by atoms with Crippen LogP contribution in [0, 0.1) is 11.6 Å². The lowest BCUT2D eigenvalue weighted by atomic mass is 9.89. The smallest absolute Gasteiger partial charge is 0.252 e. The van der Waals surface area contributed by atoms with Gasteiger partial charge in [0.1, 0.15) is 23.5 Å². The number of benzene rings is 3. The summed E-state index contributed by atoms with van der Waals surface area (Å²) < 4.78 is 28.7. The van der Waals surface area contributed by atoms with E-state index in [2.05, 4.69) is 33.5 Å². The van der Waals surface area contributed by atoms with Crippen LogP contribution < -0.4 is 21.4 Å². The first kappa shape index (κ1) is 42.2. The first-order chi connectivity index (χ1) is 29.2. The minimum absolute atomic E-state index is 0.124. The van der Waals surface area contributed by atoms with Crippen molar-refractivity contribution < 1.29 is 28.0 Å². The molecule has 316 valence electrons. The molecule has 0 saturated carbocycles. The molecule has 60 heavy (non-hydrogen) atoms. The van der Waals surface area contributed by atoms with Crippen molar-refractivity contribution in [3.63, 3.8) is 0 Å². The molecule has 3 saturated heterocycles. The topological polar surface area (TPSA) is 138 Å². The van der Waals surface area contributed by atoms with Gasteiger partial charge in [0.25, 0.3) is 5.91 Å². The number of carbonyl (C=O) groups excluding carboxylic acids is 4. The number of imide groups is 1. The maximum atomic E-state index is 14.7. The Bertz CT molecular complexity index is 2150. The van der Waals surface area contributed by atoms with E-state index in [1.807, 2.05) is 72.3 Å². The number of hydrazine groups is 1. The zero-order valence-corrected chi connectivity index (χ0v) is 34.3. The number of carbonyl (C=O) groups is 4. The summed E-state index contributed by atoms with van der Waals surface area (Å²) in [4.78, 5) is 58.7. The van der Waals surface area contributed by atoms with Gasteiger partial charge < -0.3 is 20.4 Å². The van der Waals surface area contributed by atoms with E-state index in [4.69, 9.17) is 4.99 Å². The molecule has 0 radical (unpaired) electrons. The molecule has 0 bridgehead atoms. The van der Waals surface area contributed by atoms with Crippen LogP contribution in [0.15, 0.2) is 95.4 Å². The highest BCUT2D eigenvalue weighted by Gasteiger charge is 2.34. The standard InChI is InChI=1S/C44H48F2N8O4.C2H6/c45-32-11-14-36(46)34(26-32)38-4-2-21-53(38)39-19-24-54-42(50-39)35(27-48-54)43(57)47-20-1-3-28-5-7-29(8-6-28)25-41(56)52-22-17-31(18-23-52)30-9-12-33(13-10-30)49-37-15-16-40(55)51-44(37)58;1-2/h5-14,19,24,26,31,37-38,48-49H,1-4,15-18,20-23,25,27H2,(H,47,57)(H,51,55,58);1-2H3. The molecule has 3 fully saturated rings. The van der Waals surface area contributed by atoms with E-state index in [0.717, 1.165) is 61.1 Å². The number of likely N-dealkylation sites (tertiary alicyclic amines) is 2. The maximum Gasteiger partial charge on any atom is 0.252 e. The number of piperidine rings is 2. The second-order valence-electron chi connectivity index (χ2n) is 15.6. The summed E-state index contributed by atoms with van der Waals surface area (Å²) in [5, 5.41) is 10.3. The fourth-order valence-corrected chi connectivity index (χ4v) is 8.53. The molecule has 2 unspecified atom stereocenters. The van der Waals surface area contributed by atoms with Crippen LogP contribution in [0.3, 0.4) is 0 Å². The Hall–Kier alpha value is -5.89. The van der Waals surface area contributed by atoms with E-state index in [9.17, 15) is 28.0 Å².